The molecule has 68 valence electrons. The summed E-state index contributed by atoms with van der Waals surface area (Å²) >= 11 is 5.01. The number of carbonyl (C=O) groups is 1. The Morgan fingerprint density at radius 1 is 1.38 bits per heavy atom. The van der Waals surface area contributed by atoms with E-state index in [0.717, 1.165) is 10.0 Å². The Balaban J connectivity index is 2.17. The molecule has 4 heteroatoms. The first-order chi connectivity index (χ1) is 6.25. The maximum atomic E-state index is 11.0. The summed E-state index contributed by atoms with van der Waals surface area (Å²) in [7, 11) is 0. The number of halogens is 1. The van der Waals surface area contributed by atoms with Gasteiger partial charge in [-0.1, -0.05) is 28.1 Å². The second-order valence-corrected chi connectivity index (χ2v) is 4.82. The van der Waals surface area contributed by atoms with Gasteiger partial charge in [0.2, 0.25) is 5.91 Å². The van der Waals surface area contributed by atoms with Crippen LogP contribution in [-0.2, 0) is 4.79 Å². The third-order valence-electron chi connectivity index (χ3n) is 1.85. The Bertz CT molecular complexity index is 325. The second kappa shape index (κ2) is 3.72. The summed E-state index contributed by atoms with van der Waals surface area (Å²) in [5, 5.41) is 3.04. The molecular weight excluding hydrogens is 250 g/mol. The van der Waals surface area contributed by atoms with Crippen molar-refractivity contribution >= 4 is 33.6 Å². The molecule has 1 fully saturated rings. The molecule has 13 heavy (non-hydrogen) atoms. The standard InChI is InChI=1S/C9H8BrNOS/c10-7-3-1-6(2-4-7)9-11-8(12)5-13-9/h1-4,9H,5H2,(H,11,12)/t9-/m1/s1. The van der Waals surface area contributed by atoms with Crippen molar-refractivity contribution in [3.8, 4) is 0 Å². The molecule has 1 aromatic rings. The SMILES string of the molecule is O=C1CS[C@H](c2ccc(Br)cc2)N1. The Morgan fingerprint density at radius 3 is 2.62 bits per heavy atom. The van der Waals surface area contributed by atoms with Crippen LogP contribution in [0.3, 0.4) is 0 Å². The van der Waals surface area contributed by atoms with Gasteiger partial charge in [-0.15, -0.1) is 11.8 Å². The number of benzene rings is 1. The topological polar surface area (TPSA) is 29.1 Å². The fourth-order valence-electron chi connectivity index (χ4n) is 1.21. The molecule has 1 N–H and O–H groups in total. The second-order valence-electron chi connectivity index (χ2n) is 2.81. The average Bonchev–Trinajstić information content (AvgIpc) is 2.53. The van der Waals surface area contributed by atoms with E-state index >= 15 is 0 Å². The normalized spacial score (nSPS) is 21.6. The van der Waals surface area contributed by atoms with Gasteiger partial charge in [-0.2, -0.15) is 0 Å². The van der Waals surface area contributed by atoms with Crippen molar-refractivity contribution in [2.75, 3.05) is 5.75 Å². The molecule has 2 rings (SSSR count). The first-order valence-electron chi connectivity index (χ1n) is 3.92. The number of hydrogen-bond donors (Lipinski definition) is 1. The molecule has 1 saturated heterocycles. The summed E-state index contributed by atoms with van der Waals surface area (Å²) in [6.45, 7) is 0. The zero-order chi connectivity index (χ0) is 9.26. The van der Waals surface area contributed by atoms with Crippen molar-refractivity contribution in [1.82, 2.24) is 5.32 Å². The lowest BCUT2D eigenvalue weighted by molar-refractivity contribution is -0.118. The zero-order valence-corrected chi connectivity index (χ0v) is 9.19. The minimum absolute atomic E-state index is 0.123. The fraction of sp³-hybridized carbons (Fsp3) is 0.222. The quantitative estimate of drug-likeness (QED) is 0.837. The van der Waals surface area contributed by atoms with Crippen LogP contribution in [0.5, 0.6) is 0 Å². The van der Waals surface area contributed by atoms with E-state index in [4.69, 9.17) is 0 Å². The summed E-state index contributed by atoms with van der Waals surface area (Å²) in [4.78, 5) is 11.0. The molecule has 1 aliphatic heterocycles. The average molecular weight is 258 g/mol. The maximum absolute atomic E-state index is 11.0. The van der Waals surface area contributed by atoms with Crippen molar-refractivity contribution in [1.29, 1.82) is 0 Å². The van der Waals surface area contributed by atoms with E-state index in [-0.39, 0.29) is 11.3 Å². The number of rotatable bonds is 1. The number of carbonyl (C=O) groups excluding carboxylic acids is 1. The molecular formula is C9H8BrNOS. The monoisotopic (exact) mass is 257 g/mol. The Labute approximate surface area is 89.2 Å². The molecule has 1 atom stereocenters. The van der Waals surface area contributed by atoms with Gasteiger partial charge in [0.05, 0.1) is 5.75 Å². The summed E-state index contributed by atoms with van der Waals surface area (Å²) in [6.07, 6.45) is 0. The first kappa shape index (κ1) is 9.09. The minimum Gasteiger partial charge on any atom is -0.339 e. The maximum Gasteiger partial charge on any atom is 0.231 e. The minimum atomic E-state index is 0.123. The van der Waals surface area contributed by atoms with E-state index in [1.54, 1.807) is 11.8 Å². The molecule has 1 amide bonds. The molecule has 0 saturated carbocycles. The summed E-state index contributed by atoms with van der Waals surface area (Å²) < 4.78 is 1.06. The van der Waals surface area contributed by atoms with Crippen molar-refractivity contribution in [3.05, 3.63) is 34.3 Å². The van der Waals surface area contributed by atoms with Gasteiger partial charge in [0.25, 0.3) is 0 Å². The van der Waals surface area contributed by atoms with Crippen molar-refractivity contribution in [2.45, 2.75) is 5.37 Å². The fourth-order valence-corrected chi connectivity index (χ4v) is 2.44. The van der Waals surface area contributed by atoms with Gasteiger partial charge < -0.3 is 5.32 Å². The number of hydrogen-bond acceptors (Lipinski definition) is 2. The van der Waals surface area contributed by atoms with Gasteiger partial charge in [0, 0.05) is 4.47 Å². The number of thioether (sulfide) groups is 1. The highest BCUT2D eigenvalue weighted by molar-refractivity contribution is 9.10. The molecule has 0 aromatic heterocycles. The number of amides is 1. The largest absolute Gasteiger partial charge is 0.339 e. The van der Waals surface area contributed by atoms with Crippen LogP contribution in [0, 0.1) is 0 Å². The van der Waals surface area contributed by atoms with Crippen molar-refractivity contribution in [3.63, 3.8) is 0 Å². The van der Waals surface area contributed by atoms with Crippen LogP contribution in [0.15, 0.2) is 28.7 Å². The van der Waals surface area contributed by atoms with Gasteiger partial charge in [-0.05, 0) is 17.7 Å². The van der Waals surface area contributed by atoms with E-state index < -0.39 is 0 Å². The smallest absolute Gasteiger partial charge is 0.231 e. The Hall–Kier alpha value is -0.480. The lowest BCUT2D eigenvalue weighted by atomic mass is 10.2. The van der Waals surface area contributed by atoms with Crippen LogP contribution in [0.2, 0.25) is 0 Å². The molecule has 0 radical (unpaired) electrons. The highest BCUT2D eigenvalue weighted by atomic mass is 79.9. The molecule has 0 unspecified atom stereocenters. The van der Waals surface area contributed by atoms with Crippen molar-refractivity contribution < 1.29 is 4.79 Å². The lowest BCUT2D eigenvalue weighted by Gasteiger charge is -2.08. The highest BCUT2D eigenvalue weighted by Crippen LogP contribution is 2.30. The van der Waals surface area contributed by atoms with Crippen LogP contribution in [0.4, 0.5) is 0 Å². The molecule has 1 aliphatic rings. The van der Waals surface area contributed by atoms with Gasteiger partial charge in [-0.25, -0.2) is 0 Å². The van der Waals surface area contributed by atoms with Gasteiger partial charge in [0.1, 0.15) is 5.37 Å². The Morgan fingerprint density at radius 2 is 2.08 bits per heavy atom. The highest BCUT2D eigenvalue weighted by Gasteiger charge is 2.22. The van der Waals surface area contributed by atoms with Crippen molar-refractivity contribution in [2.24, 2.45) is 0 Å². The third kappa shape index (κ3) is 2.06. The molecule has 1 aromatic carbocycles. The van der Waals surface area contributed by atoms with E-state index in [9.17, 15) is 4.79 Å². The van der Waals surface area contributed by atoms with E-state index in [0.29, 0.717) is 5.75 Å². The molecule has 2 nitrogen and oxygen atoms in total. The lowest BCUT2D eigenvalue weighted by Crippen LogP contribution is -2.18. The summed E-state index contributed by atoms with van der Waals surface area (Å²) in [5.41, 5.74) is 1.15. The van der Waals surface area contributed by atoms with Crippen LogP contribution in [-0.4, -0.2) is 11.7 Å². The van der Waals surface area contributed by atoms with Crippen LogP contribution >= 0.6 is 27.7 Å². The van der Waals surface area contributed by atoms with E-state index in [1.807, 2.05) is 24.3 Å². The van der Waals surface area contributed by atoms with E-state index in [2.05, 4.69) is 21.2 Å². The van der Waals surface area contributed by atoms with Gasteiger partial charge in [0.15, 0.2) is 0 Å². The zero-order valence-electron chi connectivity index (χ0n) is 6.79. The van der Waals surface area contributed by atoms with Gasteiger partial charge >= 0.3 is 0 Å². The van der Waals surface area contributed by atoms with E-state index in [1.165, 1.54) is 0 Å². The predicted octanol–water partition coefficient (Wildman–Crippen LogP) is 2.31. The van der Waals surface area contributed by atoms with Crippen LogP contribution < -0.4 is 5.32 Å². The predicted molar refractivity (Wildman–Crippen MR) is 57.5 cm³/mol. The third-order valence-corrected chi connectivity index (χ3v) is 3.53. The summed E-state index contributed by atoms with van der Waals surface area (Å²) in [5.74, 6) is 0.693. The molecule has 0 spiro atoms. The molecule has 1 heterocycles. The van der Waals surface area contributed by atoms with Gasteiger partial charge in [-0.3, -0.25) is 4.79 Å². The molecule has 0 bridgehead atoms. The van der Waals surface area contributed by atoms with Crippen LogP contribution in [0.1, 0.15) is 10.9 Å². The number of nitrogens with one attached hydrogen (secondary N) is 1. The summed E-state index contributed by atoms with van der Waals surface area (Å²) in [6, 6.07) is 8.02. The molecule has 0 aliphatic carbocycles. The Kier molecular flexibility index (Phi) is 2.60. The van der Waals surface area contributed by atoms with Crippen LogP contribution in [0.25, 0.3) is 0 Å². The first-order valence-corrected chi connectivity index (χ1v) is 5.76.